The largest absolute Gasteiger partial charge is 0.375 e. The lowest BCUT2D eigenvalue weighted by Crippen LogP contribution is -2.38. The third-order valence-corrected chi connectivity index (χ3v) is 6.07. The number of guanidine groups is 1. The molecule has 1 unspecified atom stereocenters. The van der Waals surface area contributed by atoms with E-state index in [2.05, 4.69) is 38.5 Å². The number of pyridine rings is 1. The maximum atomic E-state index is 5.36. The van der Waals surface area contributed by atoms with Crippen LogP contribution in [0.15, 0.2) is 28.7 Å². The fraction of sp³-hybridized carbons (Fsp3) is 0.571. The molecular weight excluding hydrogens is 511 g/mol. The Bertz CT molecular complexity index is 808. The second-order valence-corrected chi connectivity index (χ2v) is 8.19. The van der Waals surface area contributed by atoms with Gasteiger partial charge in [-0.2, -0.15) is 0 Å². The van der Waals surface area contributed by atoms with Gasteiger partial charge in [-0.05, 0) is 44.4 Å². The van der Waals surface area contributed by atoms with Crippen LogP contribution in [0, 0.1) is 0 Å². The van der Waals surface area contributed by atoms with Crippen LogP contribution in [-0.2, 0) is 17.8 Å². The highest BCUT2D eigenvalue weighted by Crippen LogP contribution is 2.21. The van der Waals surface area contributed by atoms with Crippen LogP contribution in [0.2, 0.25) is 0 Å². The Kier molecular flexibility index (Phi) is 10.3. The van der Waals surface area contributed by atoms with Crippen molar-refractivity contribution in [2.24, 2.45) is 4.99 Å². The molecule has 3 heterocycles. The van der Waals surface area contributed by atoms with Gasteiger partial charge in [0, 0.05) is 45.4 Å². The summed E-state index contributed by atoms with van der Waals surface area (Å²) in [6.07, 6.45) is 4.42. The molecular formula is C21H33IN6OS. The normalized spacial score (nSPS) is 15.1. The Hall–Kier alpha value is -1.46. The first-order valence-corrected chi connectivity index (χ1v) is 11.1. The molecule has 1 atom stereocenters. The summed E-state index contributed by atoms with van der Waals surface area (Å²) in [6.45, 7) is 8.45. The van der Waals surface area contributed by atoms with E-state index in [1.165, 1.54) is 18.4 Å². The number of hydrogen-bond acceptors (Lipinski definition) is 6. The molecule has 30 heavy (non-hydrogen) atoms. The number of rotatable bonds is 8. The molecule has 0 amide bonds. The summed E-state index contributed by atoms with van der Waals surface area (Å²) in [6, 6.07) is 4.21. The first-order chi connectivity index (χ1) is 14.1. The Labute approximate surface area is 201 Å². The number of aliphatic imine (C=N–C) groups is 1. The lowest BCUT2D eigenvalue weighted by Gasteiger charge is -2.21. The third kappa shape index (κ3) is 6.78. The van der Waals surface area contributed by atoms with Crippen molar-refractivity contribution in [2.75, 3.05) is 38.7 Å². The van der Waals surface area contributed by atoms with Crippen LogP contribution < -0.4 is 10.2 Å². The fourth-order valence-corrected chi connectivity index (χ4v) is 4.16. The van der Waals surface area contributed by atoms with Crippen molar-refractivity contribution in [2.45, 2.75) is 45.9 Å². The summed E-state index contributed by atoms with van der Waals surface area (Å²) in [7, 11) is 3.75. The molecule has 0 saturated carbocycles. The molecule has 1 aliphatic heterocycles. The summed E-state index contributed by atoms with van der Waals surface area (Å²) in [5.41, 5.74) is 2.21. The second kappa shape index (κ2) is 12.4. The average molecular weight is 545 g/mol. The summed E-state index contributed by atoms with van der Waals surface area (Å²) >= 11 is 1.64. The molecule has 0 aromatic carbocycles. The minimum Gasteiger partial charge on any atom is -0.375 e. The smallest absolute Gasteiger partial charge is 0.194 e. The lowest BCUT2D eigenvalue weighted by molar-refractivity contribution is 0.119. The molecule has 1 saturated heterocycles. The van der Waals surface area contributed by atoms with E-state index in [-0.39, 0.29) is 30.1 Å². The van der Waals surface area contributed by atoms with Gasteiger partial charge in [0.05, 0.1) is 18.8 Å². The van der Waals surface area contributed by atoms with Crippen LogP contribution in [0.4, 0.5) is 5.82 Å². The van der Waals surface area contributed by atoms with Crippen molar-refractivity contribution < 1.29 is 4.74 Å². The molecule has 1 aliphatic rings. The van der Waals surface area contributed by atoms with Gasteiger partial charge in [0.25, 0.3) is 0 Å². The zero-order chi connectivity index (χ0) is 20.6. The van der Waals surface area contributed by atoms with Gasteiger partial charge in [-0.3, -0.25) is 0 Å². The zero-order valence-electron chi connectivity index (χ0n) is 18.3. The number of nitrogens with zero attached hydrogens (tertiary/aromatic N) is 5. The summed E-state index contributed by atoms with van der Waals surface area (Å²) in [5.74, 6) is 1.94. The van der Waals surface area contributed by atoms with Gasteiger partial charge >= 0.3 is 0 Å². The monoisotopic (exact) mass is 544 g/mol. The van der Waals surface area contributed by atoms with Gasteiger partial charge in [-0.25, -0.2) is 15.0 Å². The van der Waals surface area contributed by atoms with Crippen LogP contribution in [0.1, 0.15) is 49.1 Å². The summed E-state index contributed by atoms with van der Waals surface area (Å²) in [4.78, 5) is 18.5. The number of nitrogens with one attached hydrogen (secondary N) is 1. The number of anilines is 1. The van der Waals surface area contributed by atoms with Gasteiger partial charge in [0.1, 0.15) is 16.9 Å². The van der Waals surface area contributed by atoms with Gasteiger partial charge in [-0.1, -0.05) is 0 Å². The third-order valence-electron chi connectivity index (χ3n) is 5.02. The van der Waals surface area contributed by atoms with Crippen molar-refractivity contribution in [3.8, 4) is 0 Å². The number of ether oxygens (including phenoxy) is 1. The quantitative estimate of drug-likeness (QED) is 0.307. The maximum Gasteiger partial charge on any atom is 0.194 e. The van der Waals surface area contributed by atoms with Gasteiger partial charge in [0.2, 0.25) is 0 Å². The van der Waals surface area contributed by atoms with E-state index in [1.54, 1.807) is 18.4 Å². The average Bonchev–Trinajstić information content (AvgIpc) is 3.43. The molecule has 1 fully saturated rings. The molecule has 0 radical (unpaired) electrons. The number of thiazole rings is 1. The first kappa shape index (κ1) is 24.8. The van der Waals surface area contributed by atoms with E-state index in [4.69, 9.17) is 14.7 Å². The van der Waals surface area contributed by atoms with Crippen LogP contribution in [0.5, 0.6) is 0 Å². The minimum absolute atomic E-state index is 0. The number of halogens is 1. The molecule has 1 N–H and O–H groups in total. The molecule has 166 valence electrons. The molecule has 0 spiro atoms. The van der Waals surface area contributed by atoms with Crippen molar-refractivity contribution >= 4 is 47.1 Å². The Morgan fingerprint density at radius 3 is 2.87 bits per heavy atom. The molecule has 3 rings (SSSR count). The first-order valence-electron chi connectivity index (χ1n) is 10.3. The van der Waals surface area contributed by atoms with E-state index in [0.717, 1.165) is 42.1 Å². The van der Waals surface area contributed by atoms with Crippen LogP contribution in [0.3, 0.4) is 0 Å². The van der Waals surface area contributed by atoms with Crippen LogP contribution in [-0.4, -0.2) is 54.6 Å². The van der Waals surface area contributed by atoms with Gasteiger partial charge < -0.3 is 19.9 Å². The maximum absolute atomic E-state index is 5.36. The summed E-state index contributed by atoms with van der Waals surface area (Å²) < 4.78 is 5.36. The number of aromatic nitrogens is 2. The van der Waals surface area contributed by atoms with E-state index in [9.17, 15) is 0 Å². The molecule has 9 heteroatoms. The minimum atomic E-state index is 0. The zero-order valence-corrected chi connectivity index (χ0v) is 21.4. The fourth-order valence-electron chi connectivity index (χ4n) is 3.31. The highest BCUT2D eigenvalue weighted by molar-refractivity contribution is 14.0. The molecule has 0 aliphatic carbocycles. The summed E-state index contributed by atoms with van der Waals surface area (Å²) in [5, 5.41) is 6.48. The van der Waals surface area contributed by atoms with Crippen molar-refractivity contribution in [1.82, 2.24) is 20.2 Å². The van der Waals surface area contributed by atoms with Gasteiger partial charge in [0.15, 0.2) is 5.96 Å². The molecule has 2 aromatic heterocycles. The van der Waals surface area contributed by atoms with E-state index >= 15 is 0 Å². The lowest BCUT2D eigenvalue weighted by atomic mass is 10.2. The van der Waals surface area contributed by atoms with E-state index in [1.807, 2.05) is 26.2 Å². The molecule has 7 nitrogen and oxygen atoms in total. The van der Waals surface area contributed by atoms with Crippen molar-refractivity contribution in [1.29, 1.82) is 0 Å². The number of hydrogen-bond donors (Lipinski definition) is 1. The van der Waals surface area contributed by atoms with Crippen molar-refractivity contribution in [3.63, 3.8) is 0 Å². The van der Waals surface area contributed by atoms with Crippen LogP contribution in [0.25, 0.3) is 0 Å². The molecule has 2 aromatic rings. The second-order valence-electron chi connectivity index (χ2n) is 7.30. The Morgan fingerprint density at radius 2 is 2.17 bits per heavy atom. The Balaban J connectivity index is 0.00000320. The topological polar surface area (TPSA) is 65.9 Å². The highest BCUT2D eigenvalue weighted by atomic mass is 127. The standard InChI is InChI=1S/C21H32N6OS.HI/c1-5-22-21(26(3)14-18-15-29-20(25-18)16(2)28-4)24-13-17-8-9-23-19(12-17)27-10-6-7-11-27;/h8-9,12,15-16H,5-7,10-11,13-14H2,1-4H3,(H,22,24);1H. The van der Waals surface area contributed by atoms with Gasteiger partial charge in [-0.15, -0.1) is 35.3 Å². The van der Waals surface area contributed by atoms with Crippen molar-refractivity contribution in [3.05, 3.63) is 40.0 Å². The van der Waals surface area contributed by atoms with Crippen LogP contribution >= 0.6 is 35.3 Å². The predicted octanol–water partition coefficient (Wildman–Crippen LogP) is 4.06. The Morgan fingerprint density at radius 1 is 1.40 bits per heavy atom. The highest BCUT2D eigenvalue weighted by Gasteiger charge is 2.15. The number of methoxy groups -OCH3 is 1. The van der Waals surface area contributed by atoms with E-state index < -0.39 is 0 Å². The molecule has 0 bridgehead atoms. The predicted molar refractivity (Wildman–Crippen MR) is 135 cm³/mol. The SMILES string of the molecule is CCNC(=NCc1ccnc(N2CCCC2)c1)N(C)Cc1csc(C(C)OC)n1.I. The van der Waals surface area contributed by atoms with E-state index in [0.29, 0.717) is 13.1 Å².